The van der Waals surface area contributed by atoms with Crippen molar-refractivity contribution >= 4 is 17.5 Å². The summed E-state index contributed by atoms with van der Waals surface area (Å²) in [5.74, 6) is -0.169. The van der Waals surface area contributed by atoms with E-state index in [0.29, 0.717) is 17.3 Å². The molecular weight excluding hydrogens is 346 g/mol. The number of amides is 1. The molecule has 0 saturated heterocycles. The van der Waals surface area contributed by atoms with E-state index in [1.165, 1.54) is 11.1 Å². The van der Waals surface area contributed by atoms with Crippen molar-refractivity contribution in [3.63, 3.8) is 0 Å². The van der Waals surface area contributed by atoms with E-state index >= 15 is 0 Å². The van der Waals surface area contributed by atoms with Gasteiger partial charge >= 0.3 is 0 Å². The van der Waals surface area contributed by atoms with Gasteiger partial charge in [0.05, 0.1) is 5.69 Å². The molecule has 2 aromatic carbocycles. The van der Waals surface area contributed by atoms with Gasteiger partial charge in [-0.15, -0.1) is 0 Å². The van der Waals surface area contributed by atoms with Crippen molar-refractivity contribution in [2.75, 3.05) is 6.54 Å². The van der Waals surface area contributed by atoms with Crippen LogP contribution in [-0.2, 0) is 13.5 Å². The van der Waals surface area contributed by atoms with Crippen molar-refractivity contribution in [1.82, 2.24) is 15.1 Å². The fraction of sp³-hybridized carbons (Fsp3) is 0.238. The average molecular weight is 368 g/mol. The maximum atomic E-state index is 12.4. The number of nitrogens with one attached hydrogen (secondary N) is 1. The summed E-state index contributed by atoms with van der Waals surface area (Å²) in [6.45, 7) is 4.70. The highest BCUT2D eigenvalue weighted by molar-refractivity contribution is 6.30. The Morgan fingerprint density at radius 1 is 1.12 bits per heavy atom. The number of hydrogen-bond donors (Lipinski definition) is 1. The van der Waals surface area contributed by atoms with Crippen LogP contribution in [0.25, 0.3) is 11.3 Å². The summed E-state index contributed by atoms with van der Waals surface area (Å²) in [4.78, 5) is 12.4. The number of nitrogens with zero attached hydrogens (tertiary/aromatic N) is 2. The van der Waals surface area contributed by atoms with Gasteiger partial charge in [-0.3, -0.25) is 9.48 Å². The van der Waals surface area contributed by atoms with Gasteiger partial charge in [-0.25, -0.2) is 0 Å². The quantitative estimate of drug-likeness (QED) is 0.729. The Morgan fingerprint density at radius 3 is 2.65 bits per heavy atom. The Labute approximate surface area is 158 Å². The van der Waals surface area contributed by atoms with Crippen molar-refractivity contribution in [2.24, 2.45) is 7.05 Å². The predicted molar refractivity (Wildman–Crippen MR) is 106 cm³/mol. The summed E-state index contributed by atoms with van der Waals surface area (Å²) in [6, 6.07) is 15.7. The molecule has 0 fully saturated rings. The summed E-state index contributed by atoms with van der Waals surface area (Å²) >= 11 is 5.98. The molecule has 0 aliphatic heterocycles. The van der Waals surface area contributed by atoms with Gasteiger partial charge in [-0.2, -0.15) is 5.10 Å². The fourth-order valence-corrected chi connectivity index (χ4v) is 3.07. The van der Waals surface area contributed by atoms with E-state index in [-0.39, 0.29) is 5.91 Å². The molecule has 0 radical (unpaired) electrons. The first-order chi connectivity index (χ1) is 12.4. The lowest BCUT2D eigenvalue weighted by Crippen LogP contribution is -2.26. The molecule has 1 N–H and O–H groups in total. The van der Waals surface area contributed by atoms with Crippen LogP contribution in [0.4, 0.5) is 0 Å². The van der Waals surface area contributed by atoms with Gasteiger partial charge < -0.3 is 5.32 Å². The van der Waals surface area contributed by atoms with Crippen molar-refractivity contribution in [3.8, 4) is 11.3 Å². The van der Waals surface area contributed by atoms with Gasteiger partial charge in [0.15, 0.2) is 5.69 Å². The van der Waals surface area contributed by atoms with E-state index in [9.17, 15) is 4.79 Å². The molecule has 3 aromatic rings. The molecule has 0 saturated carbocycles. The van der Waals surface area contributed by atoms with E-state index in [1.54, 1.807) is 4.68 Å². The van der Waals surface area contributed by atoms with Gasteiger partial charge in [0.25, 0.3) is 5.91 Å². The van der Waals surface area contributed by atoms with Crippen molar-refractivity contribution in [2.45, 2.75) is 20.3 Å². The largest absolute Gasteiger partial charge is 0.350 e. The molecule has 3 rings (SSSR count). The first kappa shape index (κ1) is 18.2. The lowest BCUT2D eigenvalue weighted by atomic mass is 10.0. The number of aryl methyl sites for hydroxylation is 3. The number of aromatic nitrogens is 2. The number of carbonyl (C=O) groups excluding carboxylic acids is 1. The number of carbonyl (C=O) groups is 1. The molecule has 0 atom stereocenters. The van der Waals surface area contributed by atoms with Crippen LogP contribution in [0.2, 0.25) is 5.02 Å². The zero-order valence-corrected chi connectivity index (χ0v) is 16.0. The zero-order valence-electron chi connectivity index (χ0n) is 15.2. The number of halogens is 1. The summed E-state index contributed by atoms with van der Waals surface area (Å²) in [7, 11) is 1.85. The third-order valence-electron chi connectivity index (χ3n) is 4.50. The highest BCUT2D eigenvalue weighted by Gasteiger charge is 2.14. The lowest BCUT2D eigenvalue weighted by Gasteiger charge is -2.05. The van der Waals surface area contributed by atoms with Gasteiger partial charge in [-0.1, -0.05) is 35.9 Å². The molecule has 26 heavy (non-hydrogen) atoms. The number of benzene rings is 2. The highest BCUT2D eigenvalue weighted by atomic mass is 35.5. The third kappa shape index (κ3) is 4.14. The van der Waals surface area contributed by atoms with E-state index in [0.717, 1.165) is 23.2 Å². The van der Waals surface area contributed by atoms with E-state index in [4.69, 9.17) is 11.6 Å². The van der Waals surface area contributed by atoms with Crippen LogP contribution in [0, 0.1) is 13.8 Å². The molecule has 1 aromatic heterocycles. The summed E-state index contributed by atoms with van der Waals surface area (Å²) in [5.41, 5.74) is 5.96. The van der Waals surface area contributed by atoms with E-state index in [2.05, 4.69) is 42.5 Å². The Morgan fingerprint density at radius 2 is 1.92 bits per heavy atom. The SMILES string of the molecule is Cc1ccc(-c2cc(C(=O)NCCc3cccc(Cl)c3)nn2C)cc1C. The smallest absolute Gasteiger partial charge is 0.271 e. The minimum Gasteiger partial charge on any atom is -0.350 e. The van der Waals surface area contributed by atoms with Crippen LogP contribution >= 0.6 is 11.6 Å². The molecule has 0 spiro atoms. The maximum Gasteiger partial charge on any atom is 0.271 e. The fourth-order valence-electron chi connectivity index (χ4n) is 2.85. The molecular formula is C21H22ClN3O. The third-order valence-corrected chi connectivity index (χ3v) is 4.74. The predicted octanol–water partition coefficient (Wildman–Crippen LogP) is 4.33. The first-order valence-electron chi connectivity index (χ1n) is 8.58. The molecule has 0 aliphatic carbocycles. The lowest BCUT2D eigenvalue weighted by molar-refractivity contribution is 0.0948. The Balaban J connectivity index is 1.67. The van der Waals surface area contributed by atoms with Crippen molar-refractivity contribution in [1.29, 1.82) is 0 Å². The Hall–Kier alpha value is -2.59. The van der Waals surface area contributed by atoms with Gasteiger partial charge in [-0.05, 0) is 61.2 Å². The summed E-state index contributed by atoms with van der Waals surface area (Å²) in [6.07, 6.45) is 0.725. The second kappa shape index (κ2) is 7.75. The summed E-state index contributed by atoms with van der Waals surface area (Å²) < 4.78 is 1.75. The van der Waals surface area contributed by atoms with Crippen molar-refractivity contribution in [3.05, 3.63) is 75.9 Å². The topological polar surface area (TPSA) is 46.9 Å². The average Bonchev–Trinajstić information content (AvgIpc) is 2.99. The van der Waals surface area contributed by atoms with Crippen LogP contribution in [0.5, 0.6) is 0 Å². The zero-order chi connectivity index (χ0) is 18.7. The minimum absolute atomic E-state index is 0.169. The second-order valence-electron chi connectivity index (χ2n) is 6.47. The van der Waals surface area contributed by atoms with Crippen LogP contribution in [-0.4, -0.2) is 22.2 Å². The van der Waals surface area contributed by atoms with Crippen LogP contribution in [0.15, 0.2) is 48.5 Å². The van der Waals surface area contributed by atoms with E-state index in [1.807, 2.05) is 37.4 Å². The Bertz CT molecular complexity index is 946. The molecule has 5 heteroatoms. The van der Waals surface area contributed by atoms with Crippen LogP contribution < -0.4 is 5.32 Å². The molecule has 4 nitrogen and oxygen atoms in total. The molecule has 1 heterocycles. The maximum absolute atomic E-state index is 12.4. The van der Waals surface area contributed by atoms with Gasteiger partial charge in [0.1, 0.15) is 0 Å². The number of rotatable bonds is 5. The first-order valence-corrected chi connectivity index (χ1v) is 8.96. The molecule has 0 unspecified atom stereocenters. The molecule has 0 aliphatic rings. The summed E-state index contributed by atoms with van der Waals surface area (Å²) in [5, 5.41) is 7.99. The van der Waals surface area contributed by atoms with Crippen LogP contribution in [0.3, 0.4) is 0 Å². The Kier molecular flexibility index (Phi) is 5.43. The van der Waals surface area contributed by atoms with Gasteiger partial charge in [0, 0.05) is 24.2 Å². The highest BCUT2D eigenvalue weighted by Crippen LogP contribution is 2.22. The monoisotopic (exact) mass is 367 g/mol. The normalized spacial score (nSPS) is 10.8. The van der Waals surface area contributed by atoms with Gasteiger partial charge in [0.2, 0.25) is 0 Å². The molecule has 134 valence electrons. The number of hydrogen-bond acceptors (Lipinski definition) is 2. The second-order valence-corrected chi connectivity index (χ2v) is 6.91. The molecule has 1 amide bonds. The molecule has 0 bridgehead atoms. The van der Waals surface area contributed by atoms with Crippen LogP contribution in [0.1, 0.15) is 27.2 Å². The van der Waals surface area contributed by atoms with Crippen molar-refractivity contribution < 1.29 is 4.79 Å². The minimum atomic E-state index is -0.169. The van der Waals surface area contributed by atoms with E-state index < -0.39 is 0 Å². The standard InChI is InChI=1S/C21H22ClN3O/c1-14-7-8-17(11-15(14)2)20-13-19(24-25(20)3)21(26)23-10-9-16-5-4-6-18(22)12-16/h4-8,11-13H,9-10H2,1-3H3,(H,23,26).